The second-order valence-corrected chi connectivity index (χ2v) is 40.0. The van der Waals surface area contributed by atoms with Gasteiger partial charge in [-0.25, -0.2) is 13.2 Å². The summed E-state index contributed by atoms with van der Waals surface area (Å²) < 4.78 is 60.8. The summed E-state index contributed by atoms with van der Waals surface area (Å²) in [4.78, 5) is 51.2. The molecule has 12 aliphatic carbocycles. The molecule has 4 N–H and O–H groups in total. The normalized spacial score (nSPS) is 39.3. The molecule has 0 aliphatic heterocycles. The topological polar surface area (TPSA) is 253 Å². The van der Waals surface area contributed by atoms with E-state index in [4.69, 9.17) is 24.3 Å². The first-order chi connectivity index (χ1) is 53.9. The van der Waals surface area contributed by atoms with Gasteiger partial charge in [-0.15, -0.1) is 0 Å². The van der Waals surface area contributed by atoms with Crippen molar-refractivity contribution in [2.24, 2.45) is 121 Å². The Morgan fingerprint density at radius 3 is 1.34 bits per heavy atom. The number of nitrogens with one attached hydrogen (secondary N) is 1. The molecule has 6 aromatic rings. The molecular weight excluding hydrogens is 1600 g/mol. The van der Waals surface area contributed by atoms with Gasteiger partial charge in [0.05, 0.1) is 77.4 Å². The molecule has 0 unspecified atom stereocenters. The third kappa shape index (κ3) is 18.2. The Bertz CT molecular complexity index is 4390. The molecule has 0 saturated heterocycles. The number of ketones is 3. The summed E-state index contributed by atoms with van der Waals surface area (Å²) in [6.07, 6.45) is 34.3. The van der Waals surface area contributed by atoms with Gasteiger partial charge in [0, 0.05) is 61.4 Å². The fourth-order valence-electron chi connectivity index (χ4n) is 28.8. The number of aliphatic hydroxyl groups is 3. The average Bonchev–Trinajstić information content (AvgIpc) is 1.68. The number of carbonyl (C=O) groups excluding carboxylic acids is 4. The average molecular weight is 1730 g/mol. The largest absolute Gasteiger partial charge is 1.00 e. The molecule has 3 heterocycles. The Kier molecular flexibility index (Phi) is 30.9. The van der Waals surface area contributed by atoms with Crippen molar-refractivity contribution in [3.63, 3.8) is 0 Å². The molecule has 18 rings (SSSR count). The Hall–Kier alpha value is -2.19. The maximum Gasteiger partial charge on any atom is 1.00 e. The number of ether oxygens (including phenoxy) is 3. The van der Waals surface area contributed by atoms with Gasteiger partial charge in [-0.2, -0.15) is 15.3 Å². The number of benzene rings is 3. The van der Waals surface area contributed by atoms with Crippen LogP contribution in [0.2, 0.25) is 0 Å². The van der Waals surface area contributed by atoms with E-state index < -0.39 is 16.8 Å². The van der Waals surface area contributed by atoms with Gasteiger partial charge in [-0.3, -0.25) is 33.6 Å². The van der Waals surface area contributed by atoms with Crippen LogP contribution in [0.5, 0.6) is 0 Å². The summed E-state index contributed by atoms with van der Waals surface area (Å²) in [5.41, 5.74) is 1.68. The number of aromatic amines is 1. The number of halogens is 4. The van der Waals surface area contributed by atoms with Gasteiger partial charge in [0.2, 0.25) is 0 Å². The molecule has 630 valence electrons. The smallest absolute Gasteiger partial charge is 1.00 e. The van der Waals surface area contributed by atoms with E-state index in [-0.39, 0.29) is 210 Å². The molecule has 0 radical (unpaired) electrons. The van der Waals surface area contributed by atoms with Gasteiger partial charge in [0.1, 0.15) is 29.8 Å². The second-order valence-electron chi connectivity index (χ2n) is 39.4. The Balaban J connectivity index is 0.000000169. The van der Waals surface area contributed by atoms with Crippen LogP contribution in [0.15, 0.2) is 73.2 Å². The first-order valence-electron chi connectivity index (χ1n) is 42.7. The number of H-pyrrole nitrogens is 1. The Labute approximate surface area is 780 Å². The summed E-state index contributed by atoms with van der Waals surface area (Å²) >= 11 is 3.43. The van der Waals surface area contributed by atoms with Crippen LogP contribution >= 0.6 is 15.9 Å². The maximum atomic E-state index is 13.7. The van der Waals surface area contributed by atoms with Gasteiger partial charge in [-0.05, 0) is 352 Å². The van der Waals surface area contributed by atoms with Gasteiger partial charge in [-0.1, -0.05) is 44.1 Å². The van der Waals surface area contributed by atoms with Crippen LogP contribution in [0.4, 0.5) is 13.2 Å². The zero-order chi connectivity index (χ0) is 80.4. The first-order valence-corrected chi connectivity index (χ1v) is 43.8. The molecule has 3 aromatic carbocycles. The summed E-state index contributed by atoms with van der Waals surface area (Å²) in [7, 11) is 5.54. The summed E-state index contributed by atoms with van der Waals surface area (Å²) in [6.45, 7) is 16.1. The molecule has 12 aliphatic rings. The van der Waals surface area contributed by atoms with Crippen LogP contribution < -0.4 is 108 Å². The molecule has 12 fully saturated rings. The predicted octanol–water partition coefficient (Wildman–Crippen LogP) is 11.4. The van der Waals surface area contributed by atoms with Gasteiger partial charge in [0.15, 0.2) is 11.6 Å². The van der Waals surface area contributed by atoms with Crippen molar-refractivity contribution in [3.05, 3.63) is 90.6 Å². The first kappa shape index (κ1) is 94.5. The van der Waals surface area contributed by atoms with E-state index in [0.29, 0.717) is 76.2 Å². The summed E-state index contributed by atoms with van der Waals surface area (Å²) in [6, 6.07) is 13.7. The monoisotopic (exact) mass is 1720 g/mol. The Morgan fingerprint density at radius 1 is 0.526 bits per heavy atom. The zero-order valence-electron chi connectivity index (χ0n) is 71.3. The number of alkyl halides is 1. The minimum absolute atomic E-state index is 0. The minimum Gasteiger partial charge on any atom is -1.00 e. The number of hydrogen-bond acceptors (Lipinski definition) is 15. The molecule has 24 heteroatoms. The van der Waals surface area contributed by atoms with Crippen molar-refractivity contribution in [1.82, 2.24) is 29.8 Å². The minimum atomic E-state index is -0.550. The van der Waals surface area contributed by atoms with E-state index in [9.17, 15) is 42.9 Å². The van der Waals surface area contributed by atoms with E-state index in [1.165, 1.54) is 94.2 Å². The molecule has 116 heavy (non-hydrogen) atoms. The third-order valence-electron chi connectivity index (χ3n) is 33.7. The zero-order valence-corrected chi connectivity index (χ0v) is 78.1. The molecule has 24 atom stereocenters. The van der Waals surface area contributed by atoms with Crippen LogP contribution in [-0.2, 0) is 51.4 Å². The van der Waals surface area contributed by atoms with Crippen molar-refractivity contribution < 1.29 is 176 Å². The Morgan fingerprint density at radius 2 is 0.922 bits per heavy atom. The molecule has 0 spiro atoms. The number of carbonyl (C=O) groups is 4. The van der Waals surface area contributed by atoms with Crippen molar-refractivity contribution in [1.29, 1.82) is 0 Å². The van der Waals surface area contributed by atoms with Gasteiger partial charge < -0.3 is 41.1 Å². The molecule has 0 amide bonds. The number of hydrogen-bond donors (Lipinski definition) is 4. The van der Waals surface area contributed by atoms with Gasteiger partial charge >= 0.3 is 103 Å². The third-order valence-corrected chi connectivity index (χ3v) is 34.2. The van der Waals surface area contributed by atoms with E-state index >= 15 is 0 Å². The molecule has 12 saturated carbocycles. The van der Waals surface area contributed by atoms with E-state index in [1.54, 1.807) is 46.2 Å². The predicted molar refractivity (Wildman–Crippen MR) is 435 cm³/mol. The molecule has 0 bridgehead atoms. The fourth-order valence-corrected chi connectivity index (χ4v) is 29.2. The molecule has 18 nitrogen and oxygen atoms in total. The summed E-state index contributed by atoms with van der Waals surface area (Å²) in [5.74, 6) is 8.08. The maximum absolute atomic E-state index is 13.7. The fraction of sp³-hybridized carbons (Fsp3) is 0.728. The van der Waals surface area contributed by atoms with Crippen LogP contribution in [0.1, 0.15) is 224 Å². The van der Waals surface area contributed by atoms with Crippen molar-refractivity contribution >= 4 is 72.5 Å². The number of nitrogens with zero attached hydrogens (tertiary/aromatic N) is 5. The van der Waals surface area contributed by atoms with Gasteiger partial charge in [0.25, 0.3) is 6.47 Å². The van der Waals surface area contributed by atoms with Crippen LogP contribution in [-0.4, -0.2) is 132 Å². The van der Waals surface area contributed by atoms with Crippen molar-refractivity contribution in [2.75, 3.05) is 46.5 Å². The van der Waals surface area contributed by atoms with Crippen LogP contribution in [0.25, 0.3) is 32.7 Å². The number of Topliss-reactive ketones (excluding diaryl/α,β-unsaturated/α-hetero) is 3. The SMILES string of the molecule is C.COC[C@]12CC[C@@](C)(O)C[C@H]1CC[C@H]1[C@@H]3CC[C@H](C(=O)CBr)[C@@]3(C)CC[C@@H]12.COC[C@]12CC[C@@](C)(O)C[C@H]1CC[C@H]1[C@@H]3CC[C@H](C(=O)Cn4cc5cc(F)ccc5n4)[C@@]3(C)CC[C@@H]12.COC[C@]12CC[C@@](C)(O)C[C@H]1CC[C@H]1[C@@H]3CC[C@H](C(=O)Cn4ncc5cc(F)ccc54)[C@@]3(C)CC[C@@H]12.Fc1ccc2[nH]ncc2c1.O=CO[O-].[H-].[K+].[K+]. The van der Waals surface area contributed by atoms with E-state index in [0.717, 1.165) is 174 Å². The quantitative estimate of drug-likeness (QED) is 0.0245. The van der Waals surface area contributed by atoms with Crippen molar-refractivity contribution in [2.45, 2.75) is 252 Å². The number of fused-ring (bicyclic) bond motifs is 18. The number of aromatic nitrogens is 6. The summed E-state index contributed by atoms with van der Waals surface area (Å²) in [5, 5.41) is 59.1. The number of rotatable bonds is 15. The van der Waals surface area contributed by atoms with Crippen LogP contribution in [0.3, 0.4) is 0 Å². The van der Waals surface area contributed by atoms with Crippen molar-refractivity contribution in [3.8, 4) is 0 Å². The molecule has 3 aromatic heterocycles. The second kappa shape index (κ2) is 37.9. The van der Waals surface area contributed by atoms with E-state index in [1.807, 2.05) is 42.1 Å². The van der Waals surface area contributed by atoms with Crippen LogP contribution in [0, 0.1) is 139 Å². The standard InChI is InChI=1S/2C30H41FN2O3.C23H37BrO3.C7H5FN2.CH2O3.CH4.2K.H/c1-28(35)12-13-30(18-36-3)20(15-28)4-6-22-23-7-8-25(29(23,2)11-10-24(22)30)27(34)17-33-16-19-14-21(31)5-9-26(19)32-33;1-28(35)12-13-30(18-36-3)20(15-28)4-6-22-23-7-8-25(29(23,2)11-10-24(22)30)27(34)17-33-26-9-5-21(31)14-19(26)16-32-33;1-21(26)10-11-23(14-27-3)15(12-21)4-5-16-17-6-7-19(20(25)13-24)22(17,2)9-8-18(16)23;8-6-1-2-7-5(3-6)4-9-10-7;2-1-4-3;;;;/h2*5,9,14,16,20,22-25,35H,4,6-8,10-13,15,17-18H2,1-3H3;15-19,26H,4-14H2,1-3H3;1-4H,(H,9,10);1,3H;1H4;;;/q;;;;;;2*+1;-1/p-1/t2*20-,22+,23+,24+,25-,28-,29+,30-;15-,16+,17+,18+,19-,21-,22+,23-;;;;;;/m111....../s1. The number of methoxy groups -OCH3 is 3. The molecular formula is C92H130BrF3K2N6O12. The van der Waals surface area contributed by atoms with E-state index in [2.05, 4.69) is 62.0 Å².